The number of anilines is 1. The second kappa shape index (κ2) is 4.45. The zero-order chi connectivity index (χ0) is 12.4. The molecule has 0 aliphatic carbocycles. The summed E-state index contributed by atoms with van der Waals surface area (Å²) < 4.78 is 19.2. The Morgan fingerprint density at radius 3 is 2.59 bits per heavy atom. The fraction of sp³-hybridized carbons (Fsp3) is 0.143. The summed E-state index contributed by atoms with van der Waals surface area (Å²) in [6, 6.07) is 10.4. The molecule has 88 valence electrons. The van der Waals surface area contributed by atoms with Gasteiger partial charge in [-0.05, 0) is 43.2 Å². The van der Waals surface area contributed by atoms with E-state index in [4.69, 9.17) is 10.5 Å². The maximum Gasteiger partial charge on any atom is 0.168 e. The maximum atomic E-state index is 13.7. The van der Waals surface area contributed by atoms with Crippen molar-refractivity contribution in [2.45, 2.75) is 13.8 Å². The SMILES string of the molecule is Cc1cc(N)cc(Oc2cccc(C)c2F)c1. The van der Waals surface area contributed by atoms with Gasteiger partial charge < -0.3 is 10.5 Å². The molecule has 0 aromatic heterocycles. The van der Waals surface area contributed by atoms with Gasteiger partial charge in [-0.3, -0.25) is 0 Å². The second-order valence-corrected chi connectivity index (χ2v) is 4.07. The van der Waals surface area contributed by atoms with Gasteiger partial charge in [0, 0.05) is 11.8 Å². The van der Waals surface area contributed by atoms with Crippen molar-refractivity contribution in [1.82, 2.24) is 0 Å². The molecule has 17 heavy (non-hydrogen) atoms. The van der Waals surface area contributed by atoms with Crippen LogP contribution in [0.1, 0.15) is 11.1 Å². The van der Waals surface area contributed by atoms with Gasteiger partial charge in [0.15, 0.2) is 11.6 Å². The quantitative estimate of drug-likeness (QED) is 0.797. The number of halogens is 1. The average Bonchev–Trinajstić information content (AvgIpc) is 2.23. The van der Waals surface area contributed by atoms with Crippen LogP contribution in [0.3, 0.4) is 0 Å². The lowest BCUT2D eigenvalue weighted by molar-refractivity contribution is 0.440. The first-order valence-corrected chi connectivity index (χ1v) is 5.36. The molecule has 0 amide bonds. The van der Waals surface area contributed by atoms with Crippen molar-refractivity contribution in [2.75, 3.05) is 5.73 Å². The van der Waals surface area contributed by atoms with E-state index in [1.807, 2.05) is 19.1 Å². The molecule has 0 spiro atoms. The summed E-state index contributed by atoms with van der Waals surface area (Å²) in [5, 5.41) is 0. The fourth-order valence-corrected chi connectivity index (χ4v) is 1.66. The number of nitrogen functional groups attached to an aromatic ring is 1. The highest BCUT2D eigenvalue weighted by molar-refractivity contribution is 5.48. The minimum Gasteiger partial charge on any atom is -0.454 e. The number of rotatable bonds is 2. The molecule has 2 nitrogen and oxygen atoms in total. The smallest absolute Gasteiger partial charge is 0.168 e. The third-order valence-corrected chi connectivity index (χ3v) is 2.46. The third-order valence-electron chi connectivity index (χ3n) is 2.46. The zero-order valence-corrected chi connectivity index (χ0v) is 9.83. The topological polar surface area (TPSA) is 35.2 Å². The summed E-state index contributed by atoms with van der Waals surface area (Å²) in [5.74, 6) is 0.426. The predicted octanol–water partition coefficient (Wildman–Crippen LogP) is 3.82. The lowest BCUT2D eigenvalue weighted by atomic mass is 10.2. The Morgan fingerprint density at radius 2 is 1.88 bits per heavy atom. The van der Waals surface area contributed by atoms with E-state index >= 15 is 0 Å². The van der Waals surface area contributed by atoms with Gasteiger partial charge in [0.2, 0.25) is 0 Å². The zero-order valence-electron chi connectivity index (χ0n) is 9.83. The third kappa shape index (κ3) is 2.56. The Bertz CT molecular complexity index is 532. The number of hydrogen-bond acceptors (Lipinski definition) is 2. The molecular weight excluding hydrogens is 217 g/mol. The highest BCUT2D eigenvalue weighted by Crippen LogP contribution is 2.28. The van der Waals surface area contributed by atoms with Gasteiger partial charge in [0.05, 0.1) is 0 Å². The van der Waals surface area contributed by atoms with Crippen molar-refractivity contribution in [3.63, 3.8) is 0 Å². The predicted molar refractivity (Wildman–Crippen MR) is 66.8 cm³/mol. The van der Waals surface area contributed by atoms with E-state index in [1.54, 1.807) is 31.2 Å². The van der Waals surface area contributed by atoms with Crippen molar-refractivity contribution in [3.05, 3.63) is 53.3 Å². The molecule has 0 bridgehead atoms. The van der Waals surface area contributed by atoms with Crippen LogP contribution in [-0.4, -0.2) is 0 Å². The molecule has 0 atom stereocenters. The van der Waals surface area contributed by atoms with Crippen molar-refractivity contribution in [1.29, 1.82) is 0 Å². The number of aryl methyl sites for hydroxylation is 2. The molecule has 0 fully saturated rings. The van der Waals surface area contributed by atoms with Crippen LogP contribution in [0.15, 0.2) is 36.4 Å². The van der Waals surface area contributed by atoms with Crippen LogP contribution in [0.5, 0.6) is 11.5 Å². The number of hydrogen-bond donors (Lipinski definition) is 1. The largest absolute Gasteiger partial charge is 0.454 e. The minimum atomic E-state index is -0.340. The van der Waals surface area contributed by atoms with E-state index in [2.05, 4.69) is 0 Å². The monoisotopic (exact) mass is 231 g/mol. The molecule has 0 saturated heterocycles. The van der Waals surface area contributed by atoms with Crippen LogP contribution >= 0.6 is 0 Å². The van der Waals surface area contributed by atoms with Gasteiger partial charge in [0.25, 0.3) is 0 Å². The summed E-state index contributed by atoms with van der Waals surface area (Å²) in [6.45, 7) is 3.61. The first kappa shape index (κ1) is 11.5. The Labute approximate surface area is 99.8 Å². The normalized spacial score (nSPS) is 10.3. The van der Waals surface area contributed by atoms with Gasteiger partial charge >= 0.3 is 0 Å². The minimum absolute atomic E-state index is 0.218. The highest BCUT2D eigenvalue weighted by atomic mass is 19.1. The van der Waals surface area contributed by atoms with Crippen molar-refractivity contribution in [3.8, 4) is 11.5 Å². The van der Waals surface area contributed by atoms with Crippen molar-refractivity contribution < 1.29 is 9.13 Å². The first-order chi connectivity index (χ1) is 8.06. The molecule has 2 N–H and O–H groups in total. The number of benzene rings is 2. The van der Waals surface area contributed by atoms with E-state index in [1.165, 1.54) is 0 Å². The molecule has 0 saturated carbocycles. The first-order valence-electron chi connectivity index (χ1n) is 5.36. The molecule has 0 unspecified atom stereocenters. The Balaban J connectivity index is 2.34. The maximum absolute atomic E-state index is 13.7. The van der Waals surface area contributed by atoms with Crippen molar-refractivity contribution >= 4 is 5.69 Å². The molecule has 0 radical (unpaired) electrons. The molecule has 2 aromatic rings. The van der Waals surface area contributed by atoms with Gasteiger partial charge in [0.1, 0.15) is 5.75 Å². The standard InChI is InChI=1S/C14H14FNO/c1-9-6-11(16)8-12(7-9)17-13-5-3-4-10(2)14(13)15/h3-8H,16H2,1-2H3. The van der Waals surface area contributed by atoms with Gasteiger partial charge in [-0.1, -0.05) is 12.1 Å². The van der Waals surface area contributed by atoms with E-state index < -0.39 is 0 Å². The molecule has 0 aliphatic rings. The summed E-state index contributed by atoms with van der Waals surface area (Å²) in [4.78, 5) is 0. The Morgan fingerprint density at radius 1 is 1.12 bits per heavy atom. The van der Waals surface area contributed by atoms with Crippen LogP contribution < -0.4 is 10.5 Å². The van der Waals surface area contributed by atoms with E-state index in [0.717, 1.165) is 5.56 Å². The van der Waals surface area contributed by atoms with Crippen LogP contribution in [0, 0.1) is 19.7 Å². The second-order valence-electron chi connectivity index (χ2n) is 4.07. The molecule has 2 aromatic carbocycles. The van der Waals surface area contributed by atoms with Crippen LogP contribution in [0.4, 0.5) is 10.1 Å². The molecule has 0 heterocycles. The van der Waals surface area contributed by atoms with E-state index in [0.29, 0.717) is 17.0 Å². The average molecular weight is 231 g/mol. The Kier molecular flexibility index (Phi) is 3.00. The molecule has 0 aliphatic heterocycles. The molecule has 3 heteroatoms. The summed E-state index contributed by atoms with van der Waals surface area (Å²) in [5.41, 5.74) is 7.85. The van der Waals surface area contributed by atoms with Crippen molar-refractivity contribution in [2.24, 2.45) is 0 Å². The summed E-state index contributed by atoms with van der Waals surface area (Å²) in [7, 11) is 0. The van der Waals surface area contributed by atoms with Crippen LogP contribution in [-0.2, 0) is 0 Å². The fourth-order valence-electron chi connectivity index (χ4n) is 1.66. The van der Waals surface area contributed by atoms with E-state index in [-0.39, 0.29) is 11.6 Å². The number of nitrogens with two attached hydrogens (primary N) is 1. The van der Waals surface area contributed by atoms with Crippen LogP contribution in [0.2, 0.25) is 0 Å². The van der Waals surface area contributed by atoms with Gasteiger partial charge in [-0.2, -0.15) is 0 Å². The number of ether oxygens (including phenoxy) is 1. The van der Waals surface area contributed by atoms with Crippen LogP contribution in [0.25, 0.3) is 0 Å². The van der Waals surface area contributed by atoms with Gasteiger partial charge in [-0.25, -0.2) is 4.39 Å². The Hall–Kier alpha value is -2.03. The summed E-state index contributed by atoms with van der Waals surface area (Å²) >= 11 is 0. The highest BCUT2D eigenvalue weighted by Gasteiger charge is 2.07. The van der Waals surface area contributed by atoms with Gasteiger partial charge in [-0.15, -0.1) is 0 Å². The summed E-state index contributed by atoms with van der Waals surface area (Å²) in [6.07, 6.45) is 0. The van der Waals surface area contributed by atoms with E-state index in [9.17, 15) is 4.39 Å². The molecular formula is C14H14FNO. The molecule has 2 rings (SSSR count). The lowest BCUT2D eigenvalue weighted by Gasteiger charge is -2.09. The lowest BCUT2D eigenvalue weighted by Crippen LogP contribution is -1.93.